The van der Waals surface area contributed by atoms with E-state index in [4.69, 9.17) is 29.7 Å². The molecular weight excluding hydrogens is 635 g/mol. The predicted octanol–water partition coefficient (Wildman–Crippen LogP) is 5.26. The fourth-order valence-corrected chi connectivity index (χ4v) is 4.32. The highest BCUT2D eigenvalue weighted by Crippen LogP contribution is 2.51. The number of aromatic nitrogens is 2. The third-order valence-electron chi connectivity index (χ3n) is 6.64. The number of pyridine rings is 2. The highest BCUT2D eigenvalue weighted by Gasteiger charge is 2.47. The largest absolute Gasteiger partial charge is 0.490 e. The molecule has 0 atom stereocenters. The van der Waals surface area contributed by atoms with Gasteiger partial charge in [0.15, 0.2) is 0 Å². The molecule has 1 saturated heterocycles. The summed E-state index contributed by atoms with van der Waals surface area (Å²) in [5, 5.41) is 21.4. The molecule has 2 fully saturated rings. The summed E-state index contributed by atoms with van der Waals surface area (Å²) < 4.78 is 95.2. The summed E-state index contributed by atoms with van der Waals surface area (Å²) in [4.78, 5) is 40.4. The van der Waals surface area contributed by atoms with Crippen molar-refractivity contribution in [2.75, 3.05) is 25.0 Å². The lowest BCUT2D eigenvalue weighted by Crippen LogP contribution is -2.54. The number of hydrogen-bond acceptors (Lipinski definition) is 7. The molecule has 19 heteroatoms. The lowest BCUT2D eigenvalue weighted by atomic mass is 9.60. The number of hydrogen-bond donors (Lipinski definition) is 3. The van der Waals surface area contributed by atoms with E-state index in [0.29, 0.717) is 5.41 Å². The number of carboxylic acids is 3. The number of piperidine rings is 1. The normalized spacial score (nSPS) is 16.1. The van der Waals surface area contributed by atoms with Crippen molar-refractivity contribution in [1.29, 1.82) is 0 Å². The quantitative estimate of drug-likeness (QED) is 0.371. The summed E-state index contributed by atoms with van der Waals surface area (Å²) >= 11 is 0. The lowest BCUT2D eigenvalue weighted by molar-refractivity contribution is -0.193. The van der Waals surface area contributed by atoms with E-state index < -0.39 is 36.4 Å². The minimum Gasteiger partial charge on any atom is -0.475 e. The summed E-state index contributed by atoms with van der Waals surface area (Å²) in [6, 6.07) is 11.1. The van der Waals surface area contributed by atoms with Crippen LogP contribution in [0.4, 0.5) is 45.3 Å². The van der Waals surface area contributed by atoms with Crippen LogP contribution in [0.25, 0.3) is 0 Å². The maximum Gasteiger partial charge on any atom is 0.490 e. The van der Waals surface area contributed by atoms with Gasteiger partial charge in [0.1, 0.15) is 5.82 Å². The van der Waals surface area contributed by atoms with Crippen molar-refractivity contribution in [3.8, 4) is 0 Å². The topological polar surface area (TPSA) is 144 Å². The van der Waals surface area contributed by atoms with Gasteiger partial charge in [0, 0.05) is 44.3 Å². The Kier molecular flexibility index (Phi) is 14.0. The van der Waals surface area contributed by atoms with Crippen LogP contribution >= 0.6 is 0 Å². The number of carboxylic acid groups (broad SMARTS) is 3. The third-order valence-corrected chi connectivity index (χ3v) is 6.64. The molecule has 0 radical (unpaired) electrons. The molecule has 0 aromatic carbocycles. The summed E-state index contributed by atoms with van der Waals surface area (Å²) in [7, 11) is 2.26. The summed E-state index contributed by atoms with van der Waals surface area (Å²) in [6.45, 7) is 3.31. The molecule has 3 heterocycles. The van der Waals surface area contributed by atoms with Crippen LogP contribution in [0.5, 0.6) is 0 Å². The van der Waals surface area contributed by atoms with Gasteiger partial charge in [0.05, 0.1) is 0 Å². The minimum absolute atomic E-state index is 0.582. The Hall–Kier alpha value is -4.16. The van der Waals surface area contributed by atoms with E-state index in [2.05, 4.69) is 45.0 Å². The maximum atomic E-state index is 10.6. The van der Waals surface area contributed by atoms with Gasteiger partial charge in [-0.05, 0) is 61.9 Å². The average Bonchev–Trinajstić information content (AvgIpc) is 2.92. The molecule has 1 aliphatic heterocycles. The lowest BCUT2D eigenvalue weighted by Gasteiger charge is -2.54. The van der Waals surface area contributed by atoms with Gasteiger partial charge in [-0.25, -0.2) is 19.4 Å². The van der Waals surface area contributed by atoms with E-state index in [1.54, 1.807) is 0 Å². The number of anilines is 1. The summed E-state index contributed by atoms with van der Waals surface area (Å²) in [5.41, 5.74) is 1.89. The van der Waals surface area contributed by atoms with Crippen LogP contribution in [-0.4, -0.2) is 92.8 Å². The van der Waals surface area contributed by atoms with Crippen LogP contribution in [0.1, 0.15) is 31.2 Å². The van der Waals surface area contributed by atoms with Crippen LogP contribution in [0.3, 0.4) is 0 Å². The van der Waals surface area contributed by atoms with Gasteiger partial charge in [-0.2, -0.15) is 39.5 Å². The van der Waals surface area contributed by atoms with Crippen molar-refractivity contribution in [2.45, 2.75) is 56.8 Å². The number of carbonyl (C=O) groups is 3. The fraction of sp³-hybridized carbons (Fsp3) is 0.500. The van der Waals surface area contributed by atoms with Crippen LogP contribution in [0, 0.1) is 5.41 Å². The molecule has 1 aliphatic carbocycles. The number of halogens is 9. The van der Waals surface area contributed by atoms with Crippen molar-refractivity contribution in [1.82, 2.24) is 14.9 Å². The fourth-order valence-electron chi connectivity index (χ4n) is 4.32. The average molecular weight is 665 g/mol. The number of alkyl halides is 9. The number of aliphatic carboxylic acids is 3. The first kappa shape index (κ1) is 38.9. The molecule has 4 rings (SSSR count). The standard InChI is InChI=1S/C20H26N4.3C2HF3O2/c1-23(16-17-5-4-9-21-15-17)18-13-20(14-18)7-11-24(12-8-20)19-6-2-3-10-22-19;3*3-2(4,5)1(6)7/h2-6,9-10,15,18H,7-8,11-14,16H2,1H3;3*(H,6,7). The first-order chi connectivity index (χ1) is 20.6. The van der Waals surface area contributed by atoms with Crippen LogP contribution in [-0.2, 0) is 20.9 Å². The Morgan fingerprint density at radius 2 is 1.29 bits per heavy atom. The third kappa shape index (κ3) is 14.0. The summed E-state index contributed by atoms with van der Waals surface area (Å²) in [6.07, 6.45) is -4.22. The van der Waals surface area contributed by atoms with Crippen molar-refractivity contribution in [3.63, 3.8) is 0 Å². The summed E-state index contributed by atoms with van der Waals surface area (Å²) in [5.74, 6) is -7.13. The number of rotatable bonds is 4. The monoisotopic (exact) mass is 664 g/mol. The van der Waals surface area contributed by atoms with Crippen LogP contribution < -0.4 is 4.90 Å². The molecule has 1 spiro atoms. The minimum atomic E-state index is -5.08. The molecule has 45 heavy (non-hydrogen) atoms. The molecule has 3 N–H and O–H groups in total. The van der Waals surface area contributed by atoms with Gasteiger partial charge in [-0.15, -0.1) is 0 Å². The van der Waals surface area contributed by atoms with Gasteiger partial charge < -0.3 is 20.2 Å². The molecule has 2 aliphatic rings. The Morgan fingerprint density at radius 1 is 0.822 bits per heavy atom. The van der Waals surface area contributed by atoms with E-state index in [9.17, 15) is 39.5 Å². The molecule has 252 valence electrons. The van der Waals surface area contributed by atoms with Crippen LogP contribution in [0.15, 0.2) is 48.9 Å². The molecular formula is C26H29F9N4O6. The number of nitrogens with zero attached hydrogens (tertiary/aromatic N) is 4. The molecule has 1 saturated carbocycles. The van der Waals surface area contributed by atoms with Gasteiger partial charge in [0.2, 0.25) is 0 Å². The Labute approximate surface area is 250 Å². The zero-order valence-corrected chi connectivity index (χ0v) is 23.4. The van der Waals surface area contributed by atoms with Gasteiger partial charge in [0.25, 0.3) is 0 Å². The first-order valence-electron chi connectivity index (χ1n) is 12.7. The Bertz CT molecular complexity index is 1160. The molecule has 2 aromatic heterocycles. The van der Waals surface area contributed by atoms with Crippen LogP contribution in [0.2, 0.25) is 0 Å². The first-order valence-corrected chi connectivity index (χ1v) is 12.7. The molecule has 10 nitrogen and oxygen atoms in total. The van der Waals surface area contributed by atoms with E-state index in [1.165, 1.54) is 31.2 Å². The van der Waals surface area contributed by atoms with Crippen molar-refractivity contribution in [2.24, 2.45) is 5.41 Å². The van der Waals surface area contributed by atoms with E-state index >= 15 is 0 Å². The molecule has 0 bridgehead atoms. The highest BCUT2D eigenvalue weighted by atomic mass is 19.4. The molecule has 2 aromatic rings. The van der Waals surface area contributed by atoms with Gasteiger partial charge >= 0.3 is 36.4 Å². The zero-order valence-electron chi connectivity index (χ0n) is 23.4. The maximum absolute atomic E-state index is 10.6. The van der Waals surface area contributed by atoms with E-state index in [-0.39, 0.29) is 0 Å². The Balaban J connectivity index is 0.000000396. The van der Waals surface area contributed by atoms with Crippen molar-refractivity contribution < 1.29 is 69.2 Å². The van der Waals surface area contributed by atoms with Gasteiger partial charge in [-0.1, -0.05) is 12.1 Å². The predicted molar refractivity (Wildman–Crippen MR) is 138 cm³/mol. The second-order valence-electron chi connectivity index (χ2n) is 9.92. The van der Waals surface area contributed by atoms with Crippen molar-refractivity contribution in [3.05, 3.63) is 54.5 Å². The highest BCUT2D eigenvalue weighted by molar-refractivity contribution is 5.73. The second-order valence-corrected chi connectivity index (χ2v) is 9.92. The zero-order chi connectivity index (χ0) is 34.6. The molecule has 0 unspecified atom stereocenters. The van der Waals surface area contributed by atoms with E-state index in [0.717, 1.165) is 31.5 Å². The van der Waals surface area contributed by atoms with Gasteiger partial charge in [-0.3, -0.25) is 9.88 Å². The van der Waals surface area contributed by atoms with Crippen molar-refractivity contribution >= 4 is 23.7 Å². The molecule has 0 amide bonds. The van der Waals surface area contributed by atoms with E-state index in [1.807, 2.05) is 30.7 Å². The second kappa shape index (κ2) is 16.2. The SMILES string of the molecule is CN(Cc1cccnc1)C1CC2(CCN(c3ccccn3)CC2)C1.O=C(O)C(F)(F)F.O=C(O)C(F)(F)F.O=C(O)C(F)(F)F. The Morgan fingerprint density at radius 3 is 1.64 bits per heavy atom. The smallest absolute Gasteiger partial charge is 0.475 e.